The highest BCUT2D eigenvalue weighted by molar-refractivity contribution is 5.96. The zero-order valence-corrected chi connectivity index (χ0v) is 17.2. The molecule has 1 N–H and O–H groups in total. The van der Waals surface area contributed by atoms with Crippen molar-refractivity contribution in [1.29, 1.82) is 0 Å². The van der Waals surface area contributed by atoms with E-state index < -0.39 is 5.97 Å². The Bertz CT molecular complexity index is 997. The molecule has 0 aliphatic carbocycles. The van der Waals surface area contributed by atoms with Crippen LogP contribution in [0.5, 0.6) is 5.75 Å². The summed E-state index contributed by atoms with van der Waals surface area (Å²) >= 11 is 0. The van der Waals surface area contributed by atoms with Gasteiger partial charge in [-0.25, -0.2) is 4.79 Å². The third-order valence-corrected chi connectivity index (χ3v) is 4.68. The van der Waals surface area contributed by atoms with Gasteiger partial charge in [0.2, 0.25) is 0 Å². The fourth-order valence-electron chi connectivity index (χ4n) is 3.01. The molecule has 0 unspecified atom stereocenters. The number of carbonyl (C=O) groups excluding carboxylic acids is 2. The average molecular weight is 403 g/mol. The Morgan fingerprint density at radius 2 is 1.63 bits per heavy atom. The number of ether oxygens (including phenoxy) is 2. The van der Waals surface area contributed by atoms with Crippen molar-refractivity contribution in [3.8, 4) is 5.75 Å². The molecule has 0 atom stereocenters. The van der Waals surface area contributed by atoms with Crippen LogP contribution in [-0.4, -0.2) is 18.5 Å². The molecule has 0 aliphatic rings. The summed E-state index contributed by atoms with van der Waals surface area (Å²) in [7, 11) is 0. The molecule has 3 rings (SSSR count). The van der Waals surface area contributed by atoms with Gasteiger partial charge in [-0.2, -0.15) is 0 Å². The molecule has 1 amide bonds. The summed E-state index contributed by atoms with van der Waals surface area (Å²) in [5.74, 6) is -0.117. The molecular formula is C25H25NO4. The van der Waals surface area contributed by atoms with E-state index >= 15 is 0 Å². The van der Waals surface area contributed by atoms with Gasteiger partial charge in [0.25, 0.3) is 5.91 Å². The molecule has 0 bridgehead atoms. The van der Waals surface area contributed by atoms with Crippen molar-refractivity contribution in [1.82, 2.24) is 0 Å². The van der Waals surface area contributed by atoms with Gasteiger partial charge >= 0.3 is 5.97 Å². The number of rotatable bonds is 8. The molecule has 0 heterocycles. The van der Waals surface area contributed by atoms with Crippen LogP contribution in [0.1, 0.15) is 34.0 Å². The molecular weight excluding hydrogens is 378 g/mol. The average Bonchev–Trinajstić information content (AvgIpc) is 2.78. The van der Waals surface area contributed by atoms with Crippen molar-refractivity contribution in [2.75, 3.05) is 11.9 Å². The third kappa shape index (κ3) is 5.70. The maximum atomic E-state index is 12.2. The Morgan fingerprint density at radius 1 is 0.900 bits per heavy atom. The molecule has 5 heteroatoms. The first-order valence-electron chi connectivity index (χ1n) is 9.89. The lowest BCUT2D eigenvalue weighted by Gasteiger charge is -2.13. The van der Waals surface area contributed by atoms with Gasteiger partial charge in [0.15, 0.2) is 6.61 Å². The van der Waals surface area contributed by atoms with Crippen molar-refractivity contribution in [2.24, 2.45) is 0 Å². The van der Waals surface area contributed by atoms with E-state index in [-0.39, 0.29) is 12.5 Å². The first-order chi connectivity index (χ1) is 14.6. The normalized spacial score (nSPS) is 10.3. The minimum absolute atomic E-state index is 0.338. The fraction of sp³-hybridized carbons (Fsp3) is 0.200. The summed E-state index contributed by atoms with van der Waals surface area (Å²) in [6, 6.07) is 22.3. The number of hydrogen-bond donors (Lipinski definition) is 1. The van der Waals surface area contributed by atoms with Gasteiger partial charge in [-0.3, -0.25) is 4.79 Å². The maximum absolute atomic E-state index is 12.2. The van der Waals surface area contributed by atoms with E-state index in [0.29, 0.717) is 12.2 Å². The summed E-state index contributed by atoms with van der Waals surface area (Å²) in [6.45, 7) is 4.02. The largest absolute Gasteiger partial charge is 0.489 e. The number of nitrogens with one attached hydrogen (secondary N) is 1. The van der Waals surface area contributed by atoms with Gasteiger partial charge in [0.05, 0.1) is 5.56 Å². The van der Waals surface area contributed by atoms with Gasteiger partial charge in [0, 0.05) is 5.69 Å². The number of para-hydroxylation sites is 2. The summed E-state index contributed by atoms with van der Waals surface area (Å²) in [5, 5.41) is 2.85. The molecule has 0 fully saturated rings. The monoisotopic (exact) mass is 403 g/mol. The topological polar surface area (TPSA) is 64.6 Å². The number of anilines is 1. The molecule has 0 radical (unpaired) electrons. The third-order valence-electron chi connectivity index (χ3n) is 4.68. The van der Waals surface area contributed by atoms with Gasteiger partial charge in [-0.05, 0) is 54.3 Å². The van der Waals surface area contributed by atoms with Crippen LogP contribution < -0.4 is 10.1 Å². The van der Waals surface area contributed by atoms with E-state index in [9.17, 15) is 9.59 Å². The SMILES string of the molecule is CCc1cccc(C)c1NC(=O)COC(=O)c1ccc(COc2ccccc2)cc1. The number of esters is 1. The Morgan fingerprint density at radius 3 is 2.33 bits per heavy atom. The van der Waals surface area contributed by atoms with E-state index in [4.69, 9.17) is 9.47 Å². The standard InChI is InChI=1S/C25H25NO4/c1-3-20-9-7-8-18(2)24(20)26-23(27)17-30-25(28)21-14-12-19(13-15-21)16-29-22-10-5-4-6-11-22/h4-15H,3,16-17H2,1-2H3,(H,26,27). The van der Waals surface area contributed by atoms with Gasteiger partial charge in [0.1, 0.15) is 12.4 Å². The molecule has 3 aromatic carbocycles. The van der Waals surface area contributed by atoms with Crippen molar-refractivity contribution < 1.29 is 19.1 Å². The Balaban J connectivity index is 1.50. The van der Waals surface area contributed by atoms with Crippen LogP contribution >= 0.6 is 0 Å². The van der Waals surface area contributed by atoms with E-state index in [2.05, 4.69) is 5.32 Å². The lowest BCUT2D eigenvalue weighted by Crippen LogP contribution is -2.22. The van der Waals surface area contributed by atoms with Crippen LogP contribution in [0.3, 0.4) is 0 Å². The number of amides is 1. The smallest absolute Gasteiger partial charge is 0.338 e. The molecule has 0 spiro atoms. The van der Waals surface area contributed by atoms with Crippen LogP contribution in [0.4, 0.5) is 5.69 Å². The highest BCUT2D eigenvalue weighted by Gasteiger charge is 2.13. The second kappa shape index (κ2) is 10.3. The van der Waals surface area contributed by atoms with E-state index in [1.165, 1.54) is 0 Å². The van der Waals surface area contributed by atoms with Crippen molar-refractivity contribution in [2.45, 2.75) is 26.9 Å². The maximum Gasteiger partial charge on any atom is 0.338 e. The number of hydrogen-bond acceptors (Lipinski definition) is 4. The molecule has 0 saturated heterocycles. The van der Waals surface area contributed by atoms with Crippen molar-refractivity contribution >= 4 is 17.6 Å². The lowest BCUT2D eigenvalue weighted by atomic mass is 10.1. The first kappa shape index (κ1) is 21.1. The van der Waals surface area contributed by atoms with Crippen LogP contribution in [0, 0.1) is 6.92 Å². The van der Waals surface area contributed by atoms with Gasteiger partial charge < -0.3 is 14.8 Å². The Hall–Kier alpha value is -3.60. The van der Waals surface area contributed by atoms with E-state index in [0.717, 1.165) is 34.5 Å². The zero-order valence-electron chi connectivity index (χ0n) is 17.2. The van der Waals surface area contributed by atoms with E-state index in [1.54, 1.807) is 24.3 Å². The lowest BCUT2D eigenvalue weighted by molar-refractivity contribution is -0.119. The number of carbonyl (C=O) groups is 2. The molecule has 0 aliphatic heterocycles. The van der Waals surface area contributed by atoms with Gasteiger partial charge in [-0.1, -0.05) is 55.5 Å². The quantitative estimate of drug-likeness (QED) is 0.542. The number of aryl methyl sites for hydroxylation is 2. The summed E-state index contributed by atoms with van der Waals surface area (Å²) < 4.78 is 10.8. The molecule has 154 valence electrons. The molecule has 30 heavy (non-hydrogen) atoms. The number of benzene rings is 3. The minimum atomic E-state index is -0.541. The zero-order chi connectivity index (χ0) is 21.3. The minimum Gasteiger partial charge on any atom is -0.489 e. The highest BCUT2D eigenvalue weighted by Crippen LogP contribution is 2.21. The predicted octanol–water partition coefficient (Wildman–Crippen LogP) is 4.93. The Labute approximate surface area is 176 Å². The second-order valence-electron chi connectivity index (χ2n) is 6.89. The van der Waals surface area contributed by atoms with Crippen molar-refractivity contribution in [3.63, 3.8) is 0 Å². The van der Waals surface area contributed by atoms with Crippen LogP contribution in [0.15, 0.2) is 72.8 Å². The Kier molecular flexibility index (Phi) is 7.22. The molecule has 0 saturated carbocycles. The van der Waals surface area contributed by atoms with Crippen molar-refractivity contribution in [3.05, 3.63) is 95.1 Å². The summed E-state index contributed by atoms with van der Waals surface area (Å²) in [6.07, 6.45) is 0.803. The van der Waals surface area contributed by atoms with Crippen LogP contribution in [0.25, 0.3) is 0 Å². The van der Waals surface area contributed by atoms with Gasteiger partial charge in [-0.15, -0.1) is 0 Å². The first-order valence-corrected chi connectivity index (χ1v) is 9.89. The van der Waals surface area contributed by atoms with E-state index in [1.807, 2.05) is 62.4 Å². The molecule has 5 nitrogen and oxygen atoms in total. The molecule has 0 aromatic heterocycles. The van der Waals surface area contributed by atoms with Crippen LogP contribution in [0.2, 0.25) is 0 Å². The highest BCUT2D eigenvalue weighted by atomic mass is 16.5. The predicted molar refractivity (Wildman–Crippen MR) is 117 cm³/mol. The second-order valence-corrected chi connectivity index (χ2v) is 6.89. The fourth-order valence-corrected chi connectivity index (χ4v) is 3.01. The molecule has 3 aromatic rings. The summed E-state index contributed by atoms with van der Waals surface area (Å²) in [4.78, 5) is 24.5. The van der Waals surface area contributed by atoms with Crippen LogP contribution in [-0.2, 0) is 22.6 Å². The summed E-state index contributed by atoms with van der Waals surface area (Å²) in [5.41, 5.74) is 4.12.